The molecule has 1 aliphatic rings. The highest BCUT2D eigenvalue weighted by molar-refractivity contribution is 8.02. The smallest absolute Gasteiger partial charge is 0.235 e. The average molecular weight is 420 g/mol. The molecule has 1 amide bonds. The van der Waals surface area contributed by atoms with Crippen LogP contribution in [0, 0.1) is 0 Å². The molecule has 152 valence electrons. The van der Waals surface area contributed by atoms with E-state index in [1.165, 1.54) is 28.7 Å². The maximum absolute atomic E-state index is 12.8. The van der Waals surface area contributed by atoms with E-state index in [-0.39, 0.29) is 11.2 Å². The second-order valence-electron chi connectivity index (χ2n) is 7.00. The molecule has 0 spiro atoms. The molecule has 1 saturated heterocycles. The van der Waals surface area contributed by atoms with Gasteiger partial charge in [0, 0.05) is 39.3 Å². The van der Waals surface area contributed by atoms with Crippen molar-refractivity contribution in [1.82, 2.24) is 20.0 Å². The number of unbranched alkanes of at least 4 members (excludes halogenated alkanes) is 1. The molecular formula is C20H29N5OS2. The van der Waals surface area contributed by atoms with Gasteiger partial charge in [0.25, 0.3) is 0 Å². The van der Waals surface area contributed by atoms with Crippen LogP contribution in [0.3, 0.4) is 0 Å². The molecule has 1 atom stereocenters. The van der Waals surface area contributed by atoms with E-state index in [4.69, 9.17) is 0 Å². The maximum atomic E-state index is 12.8. The summed E-state index contributed by atoms with van der Waals surface area (Å²) in [6, 6.07) is 10.5. The molecule has 1 fully saturated rings. The van der Waals surface area contributed by atoms with Gasteiger partial charge < -0.3 is 10.2 Å². The SMILES string of the molecule is CCCCNc1nnc(S[C@H](C)C(=O)N2CCN(Cc3ccccc3)CC2)s1. The number of amides is 1. The van der Waals surface area contributed by atoms with Crippen molar-refractivity contribution in [2.75, 3.05) is 38.0 Å². The van der Waals surface area contributed by atoms with Gasteiger partial charge in [-0.05, 0) is 18.9 Å². The number of nitrogens with zero attached hydrogens (tertiary/aromatic N) is 4. The third-order valence-corrected chi connectivity index (χ3v) is 6.82. The first-order valence-corrected chi connectivity index (χ1v) is 11.6. The molecule has 2 heterocycles. The Kier molecular flexibility index (Phi) is 8.12. The largest absolute Gasteiger partial charge is 0.360 e. The number of piperazine rings is 1. The number of anilines is 1. The van der Waals surface area contributed by atoms with Crippen LogP contribution in [0.1, 0.15) is 32.3 Å². The fraction of sp³-hybridized carbons (Fsp3) is 0.550. The molecule has 1 aromatic carbocycles. The van der Waals surface area contributed by atoms with Crippen LogP contribution in [0.2, 0.25) is 0 Å². The predicted molar refractivity (Wildman–Crippen MR) is 117 cm³/mol. The van der Waals surface area contributed by atoms with E-state index in [0.717, 1.165) is 61.6 Å². The zero-order valence-electron chi connectivity index (χ0n) is 16.6. The van der Waals surface area contributed by atoms with Crippen molar-refractivity contribution in [2.24, 2.45) is 0 Å². The number of aromatic nitrogens is 2. The molecule has 3 rings (SSSR count). The minimum Gasteiger partial charge on any atom is -0.360 e. The third-order valence-electron chi connectivity index (χ3n) is 4.77. The summed E-state index contributed by atoms with van der Waals surface area (Å²) in [5, 5.41) is 12.4. The monoisotopic (exact) mass is 419 g/mol. The van der Waals surface area contributed by atoms with Crippen molar-refractivity contribution in [2.45, 2.75) is 42.8 Å². The number of nitrogens with one attached hydrogen (secondary N) is 1. The Hall–Kier alpha value is -1.64. The summed E-state index contributed by atoms with van der Waals surface area (Å²) in [6.07, 6.45) is 2.27. The molecule has 2 aromatic rings. The summed E-state index contributed by atoms with van der Waals surface area (Å²) in [7, 11) is 0. The van der Waals surface area contributed by atoms with Crippen molar-refractivity contribution >= 4 is 34.1 Å². The average Bonchev–Trinajstić information content (AvgIpc) is 3.16. The van der Waals surface area contributed by atoms with E-state index in [2.05, 4.69) is 51.6 Å². The van der Waals surface area contributed by atoms with E-state index in [1.807, 2.05) is 17.9 Å². The first-order chi connectivity index (χ1) is 13.7. The molecule has 1 aromatic heterocycles. The zero-order valence-corrected chi connectivity index (χ0v) is 18.3. The van der Waals surface area contributed by atoms with E-state index < -0.39 is 0 Å². The van der Waals surface area contributed by atoms with Gasteiger partial charge in [-0.2, -0.15) is 0 Å². The molecular weight excluding hydrogens is 390 g/mol. The molecule has 1 aliphatic heterocycles. The number of benzene rings is 1. The number of hydrogen-bond donors (Lipinski definition) is 1. The molecule has 0 unspecified atom stereocenters. The fourth-order valence-electron chi connectivity index (χ4n) is 3.13. The third kappa shape index (κ3) is 6.18. The number of carbonyl (C=O) groups excluding carboxylic acids is 1. The lowest BCUT2D eigenvalue weighted by Gasteiger charge is -2.35. The number of rotatable bonds is 9. The topological polar surface area (TPSA) is 61.4 Å². The molecule has 6 nitrogen and oxygen atoms in total. The highest BCUT2D eigenvalue weighted by Gasteiger charge is 2.26. The number of thioether (sulfide) groups is 1. The number of carbonyl (C=O) groups is 1. The van der Waals surface area contributed by atoms with Gasteiger partial charge >= 0.3 is 0 Å². The summed E-state index contributed by atoms with van der Waals surface area (Å²) in [4.78, 5) is 17.2. The second kappa shape index (κ2) is 10.8. The van der Waals surface area contributed by atoms with Crippen LogP contribution in [0.15, 0.2) is 34.7 Å². The van der Waals surface area contributed by atoms with Crippen LogP contribution >= 0.6 is 23.1 Å². The molecule has 0 bridgehead atoms. The van der Waals surface area contributed by atoms with Crippen molar-refractivity contribution < 1.29 is 4.79 Å². The predicted octanol–water partition coefficient (Wildman–Crippen LogP) is 3.58. The van der Waals surface area contributed by atoms with Gasteiger partial charge in [0.05, 0.1) is 5.25 Å². The summed E-state index contributed by atoms with van der Waals surface area (Å²) >= 11 is 3.04. The van der Waals surface area contributed by atoms with E-state index >= 15 is 0 Å². The highest BCUT2D eigenvalue weighted by atomic mass is 32.2. The lowest BCUT2D eigenvalue weighted by atomic mass is 10.2. The standard InChI is InChI=1S/C20H29N5OS2/c1-3-4-10-21-19-22-23-20(28-19)27-16(2)18(26)25-13-11-24(12-14-25)15-17-8-6-5-7-9-17/h5-9,16H,3-4,10-15H2,1-2H3,(H,21,22)/t16-/m1/s1. The first-order valence-electron chi connectivity index (χ1n) is 9.95. The summed E-state index contributed by atoms with van der Waals surface area (Å²) in [5.74, 6) is 0.194. The molecule has 8 heteroatoms. The Bertz CT molecular complexity index is 731. The summed E-state index contributed by atoms with van der Waals surface area (Å²) in [6.45, 7) is 9.41. The molecule has 0 radical (unpaired) electrons. The first kappa shape index (κ1) is 21.1. The minimum absolute atomic E-state index is 0.142. The van der Waals surface area contributed by atoms with Crippen molar-refractivity contribution in [3.8, 4) is 0 Å². The molecule has 28 heavy (non-hydrogen) atoms. The quantitative estimate of drug-likeness (QED) is 0.495. The van der Waals surface area contributed by atoms with E-state index in [0.29, 0.717) is 0 Å². The summed E-state index contributed by atoms with van der Waals surface area (Å²) < 4.78 is 0.850. The van der Waals surface area contributed by atoms with Crippen molar-refractivity contribution in [1.29, 1.82) is 0 Å². The van der Waals surface area contributed by atoms with Crippen LogP contribution in [0.25, 0.3) is 0 Å². The lowest BCUT2D eigenvalue weighted by molar-refractivity contribution is -0.132. The normalized spacial score (nSPS) is 16.1. The van der Waals surface area contributed by atoms with Crippen LogP contribution in [-0.2, 0) is 11.3 Å². The van der Waals surface area contributed by atoms with E-state index in [9.17, 15) is 4.79 Å². The van der Waals surface area contributed by atoms with Crippen LogP contribution in [0.4, 0.5) is 5.13 Å². The molecule has 0 saturated carbocycles. The lowest BCUT2D eigenvalue weighted by Crippen LogP contribution is -2.50. The zero-order chi connectivity index (χ0) is 19.8. The van der Waals surface area contributed by atoms with E-state index in [1.54, 1.807) is 0 Å². The molecule has 0 aliphatic carbocycles. The van der Waals surface area contributed by atoms with Gasteiger partial charge in [-0.3, -0.25) is 9.69 Å². The van der Waals surface area contributed by atoms with Gasteiger partial charge in [0.2, 0.25) is 11.0 Å². The van der Waals surface area contributed by atoms with Crippen molar-refractivity contribution in [3.05, 3.63) is 35.9 Å². The fourth-order valence-corrected chi connectivity index (χ4v) is 5.13. The number of hydrogen-bond acceptors (Lipinski definition) is 7. The Morgan fingerprint density at radius 2 is 1.96 bits per heavy atom. The van der Waals surface area contributed by atoms with Crippen molar-refractivity contribution in [3.63, 3.8) is 0 Å². The summed E-state index contributed by atoms with van der Waals surface area (Å²) in [5.41, 5.74) is 1.32. The Labute approximate surface area is 175 Å². The Morgan fingerprint density at radius 3 is 2.68 bits per heavy atom. The van der Waals surface area contributed by atoms with Crippen LogP contribution < -0.4 is 5.32 Å². The van der Waals surface area contributed by atoms with Crippen LogP contribution in [0.5, 0.6) is 0 Å². The van der Waals surface area contributed by atoms with Gasteiger partial charge in [0.15, 0.2) is 4.34 Å². The molecule has 1 N–H and O–H groups in total. The van der Waals surface area contributed by atoms with Gasteiger partial charge in [-0.15, -0.1) is 10.2 Å². The van der Waals surface area contributed by atoms with Gasteiger partial charge in [-0.1, -0.05) is 66.8 Å². The minimum atomic E-state index is -0.142. The van der Waals surface area contributed by atoms with Gasteiger partial charge in [0.1, 0.15) is 0 Å². The van der Waals surface area contributed by atoms with Crippen LogP contribution in [-0.4, -0.2) is 63.9 Å². The second-order valence-corrected chi connectivity index (χ2v) is 9.57. The highest BCUT2D eigenvalue weighted by Crippen LogP contribution is 2.30. The maximum Gasteiger partial charge on any atom is 0.235 e. The van der Waals surface area contributed by atoms with Gasteiger partial charge in [-0.25, -0.2) is 0 Å². The Morgan fingerprint density at radius 1 is 1.21 bits per heavy atom. The Balaban J connectivity index is 1.43.